The first-order valence-electron chi connectivity index (χ1n) is 6.33. The van der Waals surface area contributed by atoms with Gasteiger partial charge in [0.1, 0.15) is 0 Å². The van der Waals surface area contributed by atoms with Crippen molar-refractivity contribution < 1.29 is 42.8 Å². The Bertz CT molecular complexity index is 759. The molecule has 24 heavy (non-hydrogen) atoms. The predicted octanol–water partition coefficient (Wildman–Crippen LogP) is 0.0132. The number of carbonyl (C=O) groups is 3. The molecule has 3 unspecified atom stereocenters. The van der Waals surface area contributed by atoms with E-state index in [2.05, 4.69) is 0 Å². The van der Waals surface area contributed by atoms with Gasteiger partial charge in [0, 0.05) is 36.7 Å². The van der Waals surface area contributed by atoms with Gasteiger partial charge in [-0.2, -0.15) is 0 Å². The van der Waals surface area contributed by atoms with Crippen molar-refractivity contribution in [1.82, 2.24) is 0 Å². The highest BCUT2D eigenvalue weighted by atomic mass is 31.2. The van der Waals surface area contributed by atoms with Crippen LogP contribution < -0.4 is 15.9 Å². The van der Waals surface area contributed by atoms with Crippen LogP contribution in [0.5, 0.6) is 0 Å². The first-order chi connectivity index (χ1) is 10.6. The highest BCUT2D eigenvalue weighted by Crippen LogP contribution is 2.46. The third-order valence-electron chi connectivity index (χ3n) is 3.22. The fourth-order valence-corrected chi connectivity index (χ4v) is 4.93. The van der Waals surface area contributed by atoms with Crippen LogP contribution in [0, 0.1) is 0 Å². The largest absolute Gasteiger partial charge is 0.336 e. The minimum Gasteiger partial charge on any atom is -0.336 e. The lowest BCUT2D eigenvalue weighted by Crippen LogP contribution is -2.26. The van der Waals surface area contributed by atoms with E-state index in [1.165, 1.54) is 0 Å². The molecule has 0 saturated heterocycles. The van der Waals surface area contributed by atoms with Gasteiger partial charge in [-0.15, -0.1) is 0 Å². The summed E-state index contributed by atoms with van der Waals surface area (Å²) in [6, 6.07) is 2.02. The quantitative estimate of drug-likeness (QED) is 0.562. The van der Waals surface area contributed by atoms with Crippen LogP contribution in [0.3, 0.4) is 0 Å². The third-order valence-corrected chi connectivity index (χ3v) is 8.65. The molecule has 9 nitrogen and oxygen atoms in total. The summed E-state index contributed by atoms with van der Waals surface area (Å²) >= 11 is 0. The smallest absolute Gasteiger partial charge is 0.293 e. The van der Waals surface area contributed by atoms with Crippen LogP contribution in [0.2, 0.25) is 0 Å². The van der Waals surface area contributed by atoms with E-state index in [0.29, 0.717) is 18.2 Å². The fraction of sp³-hybridized carbons (Fsp3) is 0.250. The molecule has 0 aliphatic carbocycles. The van der Waals surface area contributed by atoms with E-state index >= 15 is 0 Å². The third kappa shape index (κ3) is 3.72. The van der Waals surface area contributed by atoms with Crippen molar-refractivity contribution in [3.63, 3.8) is 0 Å². The summed E-state index contributed by atoms with van der Waals surface area (Å²) < 4.78 is 36.3. The maximum Gasteiger partial charge on any atom is 0.293 e. The molecule has 3 atom stereocenters. The molecular formula is C12H15O9P3. The number of rotatable bonds is 6. The van der Waals surface area contributed by atoms with E-state index < -0.39 is 54.6 Å². The number of hydrogen-bond donors (Lipinski definition) is 3. The van der Waals surface area contributed by atoms with Gasteiger partial charge in [0.15, 0.2) is 0 Å². The maximum atomic E-state index is 12.1. The second-order valence-electron chi connectivity index (χ2n) is 4.99. The lowest BCUT2D eigenvalue weighted by atomic mass is 10.4. The zero-order chi connectivity index (χ0) is 19.1. The number of hydrogen-bond acceptors (Lipinski definition) is 6. The van der Waals surface area contributed by atoms with Crippen LogP contribution in [-0.2, 0) is 28.1 Å². The van der Waals surface area contributed by atoms with Crippen LogP contribution in [0.4, 0.5) is 0 Å². The van der Waals surface area contributed by atoms with Gasteiger partial charge >= 0.3 is 0 Å². The van der Waals surface area contributed by atoms with Crippen molar-refractivity contribution in [3.8, 4) is 0 Å². The lowest BCUT2D eigenvalue weighted by molar-refractivity contribution is -0.111. The van der Waals surface area contributed by atoms with Crippen molar-refractivity contribution >= 4 is 54.6 Å². The molecule has 0 aliphatic heterocycles. The van der Waals surface area contributed by atoms with Gasteiger partial charge in [-0.1, -0.05) is 0 Å². The van der Waals surface area contributed by atoms with E-state index in [1.807, 2.05) is 0 Å². The van der Waals surface area contributed by atoms with Crippen LogP contribution in [0.1, 0.15) is 20.8 Å². The zero-order valence-corrected chi connectivity index (χ0v) is 15.5. The fourth-order valence-electron chi connectivity index (χ4n) is 1.65. The first kappa shape index (κ1) is 20.8. The Kier molecular flexibility index (Phi) is 5.73. The molecule has 12 heteroatoms. The molecule has 0 amide bonds. The van der Waals surface area contributed by atoms with E-state index in [4.69, 9.17) is 0 Å². The van der Waals surface area contributed by atoms with Crippen molar-refractivity contribution in [2.45, 2.75) is 20.8 Å². The highest BCUT2D eigenvalue weighted by Gasteiger charge is 2.37. The summed E-state index contributed by atoms with van der Waals surface area (Å²) in [5.74, 6) is 0. The Morgan fingerprint density at radius 2 is 0.792 bits per heavy atom. The Balaban J connectivity index is 3.90. The molecule has 3 N–H and O–H groups in total. The molecule has 1 rings (SSSR count). The molecule has 132 valence electrons. The standard InChI is InChI=1S/C12H15O9P3/c1-7(13)22(16,17)10-4-11(23(18,19)8(2)14)6-12(5-10)24(20,21)9(3)15/h4-6H,1-3H3,(H,16,17)(H,18,19)(H,20,21). The Morgan fingerprint density at radius 1 is 0.625 bits per heavy atom. The minimum absolute atomic E-state index is 0.675. The predicted molar refractivity (Wildman–Crippen MR) is 86.9 cm³/mol. The average molecular weight is 396 g/mol. The second kappa shape index (κ2) is 6.60. The maximum absolute atomic E-state index is 12.1. The zero-order valence-electron chi connectivity index (χ0n) is 12.9. The monoisotopic (exact) mass is 396 g/mol. The van der Waals surface area contributed by atoms with Crippen molar-refractivity contribution in [3.05, 3.63) is 18.2 Å². The molecule has 0 heterocycles. The van der Waals surface area contributed by atoms with Crippen LogP contribution in [0.25, 0.3) is 0 Å². The van der Waals surface area contributed by atoms with Gasteiger partial charge in [-0.25, -0.2) is 0 Å². The Morgan fingerprint density at radius 3 is 0.917 bits per heavy atom. The molecule has 0 radical (unpaired) electrons. The van der Waals surface area contributed by atoms with E-state index in [1.54, 1.807) is 0 Å². The van der Waals surface area contributed by atoms with Gasteiger partial charge in [-0.3, -0.25) is 28.1 Å². The van der Waals surface area contributed by atoms with Crippen LogP contribution in [0.15, 0.2) is 18.2 Å². The van der Waals surface area contributed by atoms with Crippen LogP contribution in [-0.4, -0.2) is 31.3 Å². The molecule has 0 bridgehead atoms. The minimum atomic E-state index is -4.70. The number of carbonyl (C=O) groups excluding carboxylic acids is 3. The van der Waals surface area contributed by atoms with Gasteiger partial charge in [-0.05, 0) is 18.2 Å². The normalized spacial score (nSPS) is 18.8. The van der Waals surface area contributed by atoms with Gasteiger partial charge in [0.2, 0.25) is 16.6 Å². The molecular weight excluding hydrogens is 381 g/mol. The summed E-state index contributed by atoms with van der Waals surface area (Å²) in [5.41, 5.74) is -3.55. The lowest BCUT2D eigenvalue weighted by Gasteiger charge is -2.16. The van der Waals surface area contributed by atoms with Crippen LogP contribution >= 0.6 is 22.1 Å². The van der Waals surface area contributed by atoms with Crippen molar-refractivity contribution in [2.24, 2.45) is 0 Å². The topological polar surface area (TPSA) is 163 Å². The second-order valence-corrected chi connectivity index (χ2v) is 11.9. The average Bonchev–Trinajstić information content (AvgIpc) is 2.46. The summed E-state index contributed by atoms with van der Waals surface area (Å²) in [6.07, 6.45) is 0. The van der Waals surface area contributed by atoms with E-state index in [0.717, 1.165) is 20.8 Å². The van der Waals surface area contributed by atoms with Gasteiger partial charge in [0.05, 0.1) is 0 Å². The van der Waals surface area contributed by atoms with Crippen molar-refractivity contribution in [2.75, 3.05) is 0 Å². The summed E-state index contributed by atoms with van der Waals surface area (Å²) in [7, 11) is -14.1. The summed E-state index contributed by atoms with van der Waals surface area (Å²) in [5, 5.41) is -2.14. The van der Waals surface area contributed by atoms with Gasteiger partial charge in [0.25, 0.3) is 22.1 Å². The molecule has 0 aromatic heterocycles. The molecule has 0 saturated carbocycles. The van der Waals surface area contributed by atoms with E-state index in [9.17, 15) is 42.8 Å². The van der Waals surface area contributed by atoms with E-state index in [-0.39, 0.29) is 0 Å². The molecule has 0 fully saturated rings. The van der Waals surface area contributed by atoms with Gasteiger partial charge < -0.3 is 14.7 Å². The molecule has 0 aliphatic rings. The highest BCUT2D eigenvalue weighted by molar-refractivity contribution is 7.84. The summed E-state index contributed by atoms with van der Waals surface area (Å²) in [4.78, 5) is 63.5. The SMILES string of the molecule is CC(=O)P(=O)(O)c1cc(P(=O)(O)C(C)=O)cc(P(=O)(O)C(C)=O)c1. The molecule has 1 aromatic carbocycles. The molecule has 0 spiro atoms. The number of benzene rings is 1. The Labute approximate surface area is 137 Å². The summed E-state index contributed by atoms with van der Waals surface area (Å²) in [6.45, 7) is 2.38. The first-order valence-corrected chi connectivity index (χ1v) is 11.3. The van der Waals surface area contributed by atoms with Crippen molar-refractivity contribution in [1.29, 1.82) is 0 Å². The Hall–Kier alpha value is -1.20. The molecule has 1 aromatic rings.